The largest absolute Gasteiger partial charge is 0.363 e. The minimum Gasteiger partial charge on any atom is -0.363 e. The van der Waals surface area contributed by atoms with E-state index in [-0.39, 0.29) is 17.5 Å². The van der Waals surface area contributed by atoms with Crippen LogP contribution in [0.3, 0.4) is 0 Å². The fourth-order valence-electron chi connectivity index (χ4n) is 1.46. The fraction of sp³-hybridized carbons (Fsp3) is 0.222. The summed E-state index contributed by atoms with van der Waals surface area (Å²) in [5.41, 5.74) is 11.3. The molecule has 0 saturated heterocycles. The van der Waals surface area contributed by atoms with Gasteiger partial charge in [-0.15, -0.1) is 0 Å². The van der Waals surface area contributed by atoms with Crippen LogP contribution in [0.4, 0.5) is 5.82 Å². The van der Waals surface area contributed by atoms with Gasteiger partial charge in [-0.3, -0.25) is 4.79 Å². The normalized spacial score (nSPS) is 10.6. The summed E-state index contributed by atoms with van der Waals surface area (Å²) in [4.78, 5) is 19.1. The molecule has 9 heteroatoms. The molecule has 0 aliphatic heterocycles. The number of halogens is 1. The van der Waals surface area contributed by atoms with Crippen molar-refractivity contribution in [3.05, 3.63) is 17.3 Å². The van der Waals surface area contributed by atoms with Crippen molar-refractivity contribution in [1.29, 1.82) is 0 Å². The van der Waals surface area contributed by atoms with Crippen molar-refractivity contribution >= 4 is 23.3 Å². The number of rotatable bonds is 2. The quantitative estimate of drug-likeness (QED) is 0.537. The first kappa shape index (κ1) is 12.2. The molecule has 2 rings (SSSR count). The number of anilines is 1. The van der Waals surface area contributed by atoms with Gasteiger partial charge >= 0.3 is 0 Å². The van der Waals surface area contributed by atoms with E-state index in [0.29, 0.717) is 10.7 Å². The first-order valence-corrected chi connectivity index (χ1v) is 5.30. The van der Waals surface area contributed by atoms with Crippen molar-refractivity contribution < 1.29 is 9.36 Å². The lowest BCUT2D eigenvalue weighted by molar-refractivity contribution is -0.671. The molecule has 0 unspecified atom stereocenters. The van der Waals surface area contributed by atoms with Crippen LogP contribution in [0.15, 0.2) is 6.33 Å². The first-order valence-electron chi connectivity index (χ1n) is 4.92. The van der Waals surface area contributed by atoms with E-state index in [4.69, 9.17) is 23.1 Å². The van der Waals surface area contributed by atoms with Crippen molar-refractivity contribution in [2.75, 3.05) is 5.73 Å². The predicted octanol–water partition coefficient (Wildman–Crippen LogP) is -0.964. The van der Waals surface area contributed by atoms with Gasteiger partial charge in [-0.2, -0.15) is 5.10 Å². The smallest absolute Gasteiger partial charge is 0.289 e. The van der Waals surface area contributed by atoms with E-state index in [2.05, 4.69) is 15.1 Å². The molecule has 0 atom stereocenters. The van der Waals surface area contributed by atoms with Crippen LogP contribution >= 0.6 is 11.6 Å². The van der Waals surface area contributed by atoms with Gasteiger partial charge in [0.2, 0.25) is 11.0 Å². The highest BCUT2D eigenvalue weighted by Crippen LogP contribution is 2.26. The summed E-state index contributed by atoms with van der Waals surface area (Å²) in [6.07, 6.45) is 1.47. The minimum atomic E-state index is -0.681. The third kappa shape index (κ3) is 1.86. The van der Waals surface area contributed by atoms with Crippen molar-refractivity contribution in [3.8, 4) is 11.4 Å². The molecular formula is C9H11ClN7O+. The number of carbonyl (C=O) groups is 1. The summed E-state index contributed by atoms with van der Waals surface area (Å²) in [7, 11) is 3.26. The number of aryl methyl sites for hydroxylation is 2. The van der Waals surface area contributed by atoms with E-state index in [1.54, 1.807) is 18.7 Å². The Morgan fingerprint density at radius 3 is 2.78 bits per heavy atom. The van der Waals surface area contributed by atoms with Crippen LogP contribution < -0.4 is 16.0 Å². The number of aromatic nitrogens is 5. The lowest BCUT2D eigenvalue weighted by atomic mass is 10.3. The van der Waals surface area contributed by atoms with Gasteiger partial charge < -0.3 is 11.5 Å². The molecule has 8 nitrogen and oxygen atoms in total. The van der Waals surface area contributed by atoms with Gasteiger partial charge in [0.05, 0.1) is 7.05 Å². The van der Waals surface area contributed by atoms with Crippen molar-refractivity contribution in [2.45, 2.75) is 0 Å². The summed E-state index contributed by atoms with van der Waals surface area (Å²) in [5, 5.41) is 4.38. The number of carbonyl (C=O) groups excluding carboxylic acids is 1. The number of nitrogens with zero attached hydrogens (tertiary/aromatic N) is 5. The van der Waals surface area contributed by atoms with Gasteiger partial charge in [0.15, 0.2) is 5.82 Å². The van der Waals surface area contributed by atoms with Crippen molar-refractivity contribution in [1.82, 2.24) is 19.7 Å². The summed E-state index contributed by atoms with van der Waals surface area (Å²) in [6, 6.07) is 0. The van der Waals surface area contributed by atoms with E-state index >= 15 is 0 Å². The van der Waals surface area contributed by atoms with Gasteiger partial charge in [0, 0.05) is 7.05 Å². The van der Waals surface area contributed by atoms with Crippen LogP contribution in [0.1, 0.15) is 10.6 Å². The fourth-order valence-corrected chi connectivity index (χ4v) is 1.68. The molecule has 0 aliphatic carbocycles. The number of primary amides is 1. The van der Waals surface area contributed by atoms with Gasteiger partial charge in [0.25, 0.3) is 18.1 Å². The Bertz CT molecular complexity index is 636. The molecule has 0 bridgehead atoms. The molecule has 0 spiro atoms. The zero-order valence-electron chi connectivity index (χ0n) is 9.75. The molecular weight excluding hydrogens is 258 g/mol. The monoisotopic (exact) mass is 268 g/mol. The Morgan fingerprint density at radius 2 is 2.22 bits per heavy atom. The average molecular weight is 269 g/mol. The lowest BCUT2D eigenvalue weighted by Gasteiger charge is -1.99. The summed E-state index contributed by atoms with van der Waals surface area (Å²) < 4.78 is 2.83. The maximum Gasteiger partial charge on any atom is 0.289 e. The summed E-state index contributed by atoms with van der Waals surface area (Å²) in [5.74, 6) is -0.275. The van der Waals surface area contributed by atoms with Gasteiger partial charge in [-0.25, -0.2) is 14.2 Å². The Hall–Kier alpha value is -2.22. The minimum absolute atomic E-state index is 0.0203. The molecule has 4 N–H and O–H groups in total. The van der Waals surface area contributed by atoms with E-state index in [9.17, 15) is 4.79 Å². The van der Waals surface area contributed by atoms with Crippen LogP contribution in [0.25, 0.3) is 11.4 Å². The SMILES string of the molecule is Cn1nc(-c2c(N)nc[n+](C)c2Cl)nc1C(N)=O. The van der Waals surface area contributed by atoms with Gasteiger partial charge in [-0.05, 0) is 16.6 Å². The van der Waals surface area contributed by atoms with Gasteiger partial charge in [-0.1, -0.05) is 0 Å². The summed E-state index contributed by atoms with van der Waals surface area (Å²) >= 11 is 6.11. The zero-order chi connectivity index (χ0) is 13.4. The molecule has 0 saturated carbocycles. The van der Waals surface area contributed by atoms with Crippen LogP contribution in [0.5, 0.6) is 0 Å². The highest BCUT2D eigenvalue weighted by Gasteiger charge is 2.23. The Balaban J connectivity index is 2.66. The molecule has 18 heavy (non-hydrogen) atoms. The maximum atomic E-state index is 11.1. The van der Waals surface area contributed by atoms with Crippen LogP contribution in [-0.4, -0.2) is 25.7 Å². The van der Waals surface area contributed by atoms with E-state index in [0.717, 1.165) is 0 Å². The third-order valence-electron chi connectivity index (χ3n) is 2.35. The van der Waals surface area contributed by atoms with Crippen LogP contribution in [0.2, 0.25) is 5.15 Å². The molecule has 94 valence electrons. The third-order valence-corrected chi connectivity index (χ3v) is 2.80. The zero-order valence-corrected chi connectivity index (χ0v) is 10.5. The van der Waals surface area contributed by atoms with E-state index in [1.807, 2.05) is 0 Å². The number of hydrogen-bond acceptors (Lipinski definition) is 5. The Kier molecular flexibility index (Phi) is 2.87. The molecule has 2 heterocycles. The molecule has 0 radical (unpaired) electrons. The Morgan fingerprint density at radius 1 is 1.56 bits per heavy atom. The first-order chi connectivity index (χ1) is 8.41. The van der Waals surface area contributed by atoms with Crippen molar-refractivity contribution in [2.24, 2.45) is 19.8 Å². The second-order valence-corrected chi connectivity index (χ2v) is 4.01. The van der Waals surface area contributed by atoms with E-state index < -0.39 is 5.91 Å². The standard InChI is InChI=1S/C9H10ClN7O/c1-16-3-13-6(11)4(5(16)10)8-14-9(7(12)18)17(2)15-8/h3,11H,1-2H3,(H2,12,18)/p+1. The molecule has 0 fully saturated rings. The Labute approximate surface area is 107 Å². The van der Waals surface area contributed by atoms with E-state index in [1.165, 1.54) is 11.0 Å². The summed E-state index contributed by atoms with van der Waals surface area (Å²) in [6.45, 7) is 0. The predicted molar refractivity (Wildman–Crippen MR) is 63.4 cm³/mol. The van der Waals surface area contributed by atoms with Crippen molar-refractivity contribution in [3.63, 3.8) is 0 Å². The van der Waals surface area contributed by atoms with Crippen LogP contribution in [0, 0.1) is 0 Å². The van der Waals surface area contributed by atoms with Crippen LogP contribution in [-0.2, 0) is 14.1 Å². The molecule has 2 aromatic heterocycles. The number of amides is 1. The number of hydrogen-bond donors (Lipinski definition) is 2. The molecule has 0 aromatic carbocycles. The molecule has 1 amide bonds. The highest BCUT2D eigenvalue weighted by atomic mass is 35.5. The molecule has 0 aliphatic rings. The lowest BCUT2D eigenvalue weighted by Crippen LogP contribution is -2.31. The topological polar surface area (TPSA) is 117 Å². The second kappa shape index (κ2) is 4.22. The molecule has 2 aromatic rings. The van der Waals surface area contributed by atoms with Gasteiger partial charge in [0.1, 0.15) is 5.56 Å². The second-order valence-electron chi connectivity index (χ2n) is 3.65. The number of nitrogen functional groups attached to an aromatic ring is 1. The number of nitrogens with two attached hydrogens (primary N) is 2. The highest BCUT2D eigenvalue weighted by molar-refractivity contribution is 6.31. The average Bonchev–Trinajstić information content (AvgIpc) is 2.66. The maximum absolute atomic E-state index is 11.1.